The molecule has 1 aliphatic rings. The zero-order valence-corrected chi connectivity index (χ0v) is 14.5. The summed E-state index contributed by atoms with van der Waals surface area (Å²) in [5, 5.41) is 3.71. The van der Waals surface area contributed by atoms with E-state index in [2.05, 4.69) is 65.1 Å². The van der Waals surface area contributed by atoms with Crippen LogP contribution >= 0.6 is 15.9 Å². The third-order valence-corrected chi connectivity index (χ3v) is 4.49. The van der Waals surface area contributed by atoms with Crippen LogP contribution in [0.15, 0.2) is 22.7 Å². The van der Waals surface area contributed by atoms with Crippen molar-refractivity contribution in [3.63, 3.8) is 0 Å². The molecule has 1 fully saturated rings. The van der Waals surface area contributed by atoms with Crippen molar-refractivity contribution in [3.8, 4) is 0 Å². The Labute approximate surface area is 132 Å². The smallest absolute Gasteiger partial charge is 0.0399 e. The Balaban J connectivity index is 2.17. The van der Waals surface area contributed by atoms with Crippen LogP contribution in [0.4, 0.5) is 5.69 Å². The van der Waals surface area contributed by atoms with Gasteiger partial charge in [-0.05, 0) is 55.5 Å². The van der Waals surface area contributed by atoms with Crippen LogP contribution in [0.25, 0.3) is 0 Å². The zero-order chi connectivity index (χ0) is 14.5. The second-order valence-electron chi connectivity index (χ2n) is 6.21. The number of anilines is 1. The number of nitrogens with one attached hydrogen (secondary N) is 1. The van der Waals surface area contributed by atoms with E-state index in [1.54, 1.807) is 0 Å². The van der Waals surface area contributed by atoms with Gasteiger partial charge in [0.05, 0.1) is 0 Å². The molecule has 2 nitrogen and oxygen atoms in total. The van der Waals surface area contributed by atoms with Gasteiger partial charge in [0, 0.05) is 29.3 Å². The van der Waals surface area contributed by atoms with E-state index in [9.17, 15) is 0 Å². The van der Waals surface area contributed by atoms with Crippen LogP contribution < -0.4 is 10.2 Å². The summed E-state index contributed by atoms with van der Waals surface area (Å²) in [7, 11) is 0. The van der Waals surface area contributed by atoms with Crippen molar-refractivity contribution in [3.05, 3.63) is 28.2 Å². The number of hydrogen-bond donors (Lipinski definition) is 1. The number of benzene rings is 1. The molecule has 20 heavy (non-hydrogen) atoms. The molecular formula is C17H27BrN2. The lowest BCUT2D eigenvalue weighted by Crippen LogP contribution is -2.38. The number of aryl methyl sites for hydroxylation is 1. The summed E-state index contributed by atoms with van der Waals surface area (Å²) in [6, 6.07) is 7.33. The SMILES string of the molecule is CCc1cc(Br)ccc1N1CCCNC(CC(C)C)C1. The third kappa shape index (κ3) is 4.23. The Hall–Kier alpha value is -0.540. The van der Waals surface area contributed by atoms with Gasteiger partial charge in [-0.2, -0.15) is 0 Å². The first-order chi connectivity index (χ1) is 9.60. The molecule has 0 amide bonds. The predicted molar refractivity (Wildman–Crippen MR) is 91.6 cm³/mol. The fourth-order valence-electron chi connectivity index (χ4n) is 3.09. The molecule has 0 aromatic heterocycles. The topological polar surface area (TPSA) is 15.3 Å². The second kappa shape index (κ2) is 7.46. The molecule has 1 N–H and O–H groups in total. The van der Waals surface area contributed by atoms with Crippen LogP contribution in [0.2, 0.25) is 0 Å². The molecule has 3 heteroatoms. The molecule has 0 radical (unpaired) electrons. The van der Waals surface area contributed by atoms with E-state index in [1.807, 2.05) is 0 Å². The maximum Gasteiger partial charge on any atom is 0.0399 e. The first kappa shape index (κ1) is 15.8. The monoisotopic (exact) mass is 338 g/mol. The molecule has 1 aromatic rings. The van der Waals surface area contributed by atoms with Gasteiger partial charge in [-0.1, -0.05) is 36.7 Å². The standard InChI is InChI=1S/C17H27BrN2/c1-4-14-11-15(18)6-7-17(14)20-9-5-8-19-16(12-20)10-13(2)3/h6-7,11,13,16,19H,4-5,8-10,12H2,1-3H3. The van der Waals surface area contributed by atoms with Crippen LogP contribution in [0, 0.1) is 5.92 Å². The Morgan fingerprint density at radius 1 is 1.40 bits per heavy atom. The summed E-state index contributed by atoms with van der Waals surface area (Å²) in [6.07, 6.45) is 3.58. The Morgan fingerprint density at radius 3 is 2.90 bits per heavy atom. The van der Waals surface area contributed by atoms with Crippen molar-refractivity contribution in [1.82, 2.24) is 5.32 Å². The average Bonchev–Trinajstić information content (AvgIpc) is 2.63. The average molecular weight is 339 g/mol. The van der Waals surface area contributed by atoms with Crippen molar-refractivity contribution in [2.45, 2.75) is 46.1 Å². The normalized spacial score (nSPS) is 20.2. The summed E-state index contributed by atoms with van der Waals surface area (Å²) in [5.41, 5.74) is 2.87. The second-order valence-corrected chi connectivity index (χ2v) is 7.12. The molecule has 1 saturated heterocycles. The quantitative estimate of drug-likeness (QED) is 0.883. The van der Waals surface area contributed by atoms with E-state index in [4.69, 9.17) is 0 Å². The minimum atomic E-state index is 0.617. The Bertz CT molecular complexity index is 431. The number of halogens is 1. The summed E-state index contributed by atoms with van der Waals surface area (Å²) < 4.78 is 1.18. The van der Waals surface area contributed by atoms with Crippen LogP contribution in [0.1, 0.15) is 39.2 Å². The largest absolute Gasteiger partial charge is 0.370 e. The highest BCUT2D eigenvalue weighted by Gasteiger charge is 2.20. The Morgan fingerprint density at radius 2 is 2.20 bits per heavy atom. The van der Waals surface area contributed by atoms with Crippen LogP contribution in [-0.4, -0.2) is 25.7 Å². The molecule has 1 heterocycles. The van der Waals surface area contributed by atoms with Crippen LogP contribution in [-0.2, 0) is 6.42 Å². The molecule has 0 bridgehead atoms. The van der Waals surface area contributed by atoms with E-state index in [0.717, 1.165) is 32.0 Å². The molecule has 0 aliphatic carbocycles. The highest BCUT2D eigenvalue weighted by Crippen LogP contribution is 2.26. The minimum absolute atomic E-state index is 0.617. The molecule has 112 valence electrons. The molecule has 0 saturated carbocycles. The summed E-state index contributed by atoms with van der Waals surface area (Å²) in [5.74, 6) is 0.753. The number of hydrogen-bond acceptors (Lipinski definition) is 2. The molecule has 1 aromatic carbocycles. The predicted octanol–water partition coefficient (Wildman–Crippen LogP) is 4.23. The first-order valence-electron chi connectivity index (χ1n) is 7.87. The number of rotatable bonds is 4. The van der Waals surface area contributed by atoms with E-state index in [1.165, 1.54) is 28.6 Å². The van der Waals surface area contributed by atoms with Crippen molar-refractivity contribution >= 4 is 21.6 Å². The maximum absolute atomic E-state index is 3.71. The van der Waals surface area contributed by atoms with Gasteiger partial charge in [0.1, 0.15) is 0 Å². The van der Waals surface area contributed by atoms with Crippen molar-refractivity contribution < 1.29 is 0 Å². The van der Waals surface area contributed by atoms with Crippen LogP contribution in [0.3, 0.4) is 0 Å². The van der Waals surface area contributed by atoms with E-state index in [-0.39, 0.29) is 0 Å². The highest BCUT2D eigenvalue weighted by atomic mass is 79.9. The zero-order valence-electron chi connectivity index (χ0n) is 13.0. The Kier molecular flexibility index (Phi) is 5.91. The van der Waals surface area contributed by atoms with E-state index >= 15 is 0 Å². The molecule has 1 unspecified atom stereocenters. The molecule has 1 atom stereocenters. The van der Waals surface area contributed by atoms with Gasteiger partial charge < -0.3 is 10.2 Å². The third-order valence-electron chi connectivity index (χ3n) is 4.00. The highest BCUT2D eigenvalue weighted by molar-refractivity contribution is 9.10. The first-order valence-corrected chi connectivity index (χ1v) is 8.66. The molecule has 0 spiro atoms. The van der Waals surface area contributed by atoms with Crippen molar-refractivity contribution in [1.29, 1.82) is 0 Å². The van der Waals surface area contributed by atoms with Gasteiger partial charge in [0.15, 0.2) is 0 Å². The number of nitrogens with zero attached hydrogens (tertiary/aromatic N) is 1. The summed E-state index contributed by atoms with van der Waals surface area (Å²) in [6.45, 7) is 10.3. The van der Waals surface area contributed by atoms with Gasteiger partial charge in [0.25, 0.3) is 0 Å². The molecular weight excluding hydrogens is 312 g/mol. The van der Waals surface area contributed by atoms with Gasteiger partial charge in [0.2, 0.25) is 0 Å². The maximum atomic E-state index is 3.71. The van der Waals surface area contributed by atoms with E-state index < -0.39 is 0 Å². The lowest BCUT2D eigenvalue weighted by Gasteiger charge is -2.29. The lowest BCUT2D eigenvalue weighted by atomic mass is 10.0. The van der Waals surface area contributed by atoms with Crippen molar-refractivity contribution in [2.24, 2.45) is 5.92 Å². The summed E-state index contributed by atoms with van der Waals surface area (Å²) in [4.78, 5) is 2.58. The lowest BCUT2D eigenvalue weighted by molar-refractivity contribution is 0.436. The van der Waals surface area contributed by atoms with Crippen molar-refractivity contribution in [2.75, 3.05) is 24.5 Å². The minimum Gasteiger partial charge on any atom is -0.370 e. The van der Waals surface area contributed by atoms with E-state index in [0.29, 0.717) is 6.04 Å². The van der Waals surface area contributed by atoms with Gasteiger partial charge in [-0.15, -0.1) is 0 Å². The fraction of sp³-hybridized carbons (Fsp3) is 0.647. The van der Waals surface area contributed by atoms with Gasteiger partial charge in [-0.3, -0.25) is 0 Å². The van der Waals surface area contributed by atoms with Gasteiger partial charge in [-0.25, -0.2) is 0 Å². The molecule has 1 aliphatic heterocycles. The van der Waals surface area contributed by atoms with Crippen LogP contribution in [0.5, 0.6) is 0 Å². The van der Waals surface area contributed by atoms with Gasteiger partial charge >= 0.3 is 0 Å². The summed E-state index contributed by atoms with van der Waals surface area (Å²) >= 11 is 3.59. The fourth-order valence-corrected chi connectivity index (χ4v) is 3.50. The molecule has 2 rings (SSSR count).